The van der Waals surface area contributed by atoms with Gasteiger partial charge in [0.1, 0.15) is 0 Å². The number of anilines is 2. The van der Waals surface area contributed by atoms with Crippen LogP contribution in [0.4, 0.5) is 11.4 Å². The molecule has 19 heavy (non-hydrogen) atoms. The van der Waals surface area contributed by atoms with Gasteiger partial charge < -0.3 is 10.6 Å². The fourth-order valence-corrected chi connectivity index (χ4v) is 2.55. The number of nitrogens with two attached hydrogens (primary N) is 1. The average molecular weight is 253 g/mol. The van der Waals surface area contributed by atoms with Crippen LogP contribution in [0.2, 0.25) is 0 Å². The molecule has 1 amide bonds. The summed E-state index contributed by atoms with van der Waals surface area (Å²) in [5.41, 5.74) is 9.54. The number of carbonyl (C=O) groups is 1. The SMILES string of the molecule is CC1C(=O)N(Cc2cccnc2)c2c(N)cccc21. The molecule has 0 fully saturated rings. The van der Waals surface area contributed by atoms with Crippen LogP contribution in [0.5, 0.6) is 0 Å². The minimum absolute atomic E-state index is 0.0942. The van der Waals surface area contributed by atoms with Gasteiger partial charge in [0.2, 0.25) is 5.91 Å². The number of fused-ring (bicyclic) bond motifs is 1. The second kappa shape index (κ2) is 4.39. The van der Waals surface area contributed by atoms with Crippen molar-refractivity contribution in [1.82, 2.24) is 4.98 Å². The molecule has 4 nitrogen and oxygen atoms in total. The molecule has 1 aliphatic heterocycles. The lowest BCUT2D eigenvalue weighted by Crippen LogP contribution is -2.28. The maximum Gasteiger partial charge on any atom is 0.234 e. The van der Waals surface area contributed by atoms with E-state index in [-0.39, 0.29) is 11.8 Å². The Morgan fingerprint density at radius 3 is 2.89 bits per heavy atom. The first-order valence-electron chi connectivity index (χ1n) is 6.27. The summed E-state index contributed by atoms with van der Waals surface area (Å²) >= 11 is 0. The minimum atomic E-state index is -0.129. The first-order valence-corrected chi connectivity index (χ1v) is 6.27. The van der Waals surface area contributed by atoms with Crippen LogP contribution >= 0.6 is 0 Å². The van der Waals surface area contributed by atoms with Gasteiger partial charge in [-0.15, -0.1) is 0 Å². The van der Waals surface area contributed by atoms with E-state index < -0.39 is 0 Å². The van der Waals surface area contributed by atoms with Gasteiger partial charge in [0.15, 0.2) is 0 Å². The summed E-state index contributed by atoms with van der Waals surface area (Å²) in [6.45, 7) is 2.43. The van der Waals surface area contributed by atoms with Gasteiger partial charge in [0.25, 0.3) is 0 Å². The normalized spacial score (nSPS) is 17.6. The Hall–Kier alpha value is -2.36. The van der Waals surface area contributed by atoms with Crippen LogP contribution in [-0.2, 0) is 11.3 Å². The van der Waals surface area contributed by atoms with Gasteiger partial charge in [-0.1, -0.05) is 18.2 Å². The molecule has 1 unspecified atom stereocenters. The van der Waals surface area contributed by atoms with E-state index in [0.717, 1.165) is 16.8 Å². The number of nitrogens with zero attached hydrogens (tertiary/aromatic N) is 2. The molecule has 2 N–H and O–H groups in total. The predicted octanol–water partition coefficient (Wildman–Crippen LogP) is 2.31. The van der Waals surface area contributed by atoms with Crippen molar-refractivity contribution in [3.8, 4) is 0 Å². The highest BCUT2D eigenvalue weighted by Gasteiger charge is 2.35. The van der Waals surface area contributed by atoms with E-state index >= 15 is 0 Å². The van der Waals surface area contributed by atoms with Crippen LogP contribution in [0.25, 0.3) is 0 Å². The highest BCUT2D eigenvalue weighted by Crippen LogP contribution is 2.41. The average Bonchev–Trinajstić information content (AvgIpc) is 2.67. The van der Waals surface area contributed by atoms with Crippen molar-refractivity contribution in [2.24, 2.45) is 0 Å². The Bertz CT molecular complexity index is 625. The largest absolute Gasteiger partial charge is 0.397 e. The van der Waals surface area contributed by atoms with E-state index in [2.05, 4.69) is 4.98 Å². The summed E-state index contributed by atoms with van der Waals surface area (Å²) in [5, 5.41) is 0. The molecule has 0 saturated carbocycles. The number of hydrogen-bond acceptors (Lipinski definition) is 3. The zero-order chi connectivity index (χ0) is 13.4. The molecule has 0 bridgehead atoms. The molecule has 0 spiro atoms. The van der Waals surface area contributed by atoms with Gasteiger partial charge in [-0.2, -0.15) is 0 Å². The zero-order valence-corrected chi connectivity index (χ0v) is 10.7. The standard InChI is InChI=1S/C15H15N3O/c1-10-12-5-2-6-13(16)14(12)18(15(10)19)9-11-4-3-7-17-8-11/h2-8,10H,9,16H2,1H3. The molecule has 1 atom stereocenters. The molecular formula is C15H15N3O. The third-order valence-electron chi connectivity index (χ3n) is 3.53. The fraction of sp³-hybridized carbons (Fsp3) is 0.200. The maximum absolute atomic E-state index is 12.4. The van der Waals surface area contributed by atoms with Crippen molar-refractivity contribution in [1.29, 1.82) is 0 Å². The number of rotatable bonds is 2. The molecule has 2 heterocycles. The number of aromatic nitrogens is 1. The van der Waals surface area contributed by atoms with Crippen LogP contribution in [0, 0.1) is 0 Å². The monoisotopic (exact) mass is 253 g/mol. The van der Waals surface area contributed by atoms with Gasteiger partial charge in [-0.05, 0) is 30.2 Å². The molecule has 2 aromatic rings. The predicted molar refractivity (Wildman–Crippen MR) is 74.7 cm³/mol. The first-order chi connectivity index (χ1) is 9.18. The van der Waals surface area contributed by atoms with Gasteiger partial charge in [0.05, 0.1) is 23.8 Å². The fourth-order valence-electron chi connectivity index (χ4n) is 2.55. The number of pyridine rings is 1. The van der Waals surface area contributed by atoms with Crippen LogP contribution in [0.1, 0.15) is 24.0 Å². The van der Waals surface area contributed by atoms with E-state index in [1.807, 2.05) is 37.3 Å². The Morgan fingerprint density at radius 1 is 1.32 bits per heavy atom. The van der Waals surface area contributed by atoms with E-state index in [1.165, 1.54) is 0 Å². The van der Waals surface area contributed by atoms with Crippen LogP contribution < -0.4 is 10.6 Å². The van der Waals surface area contributed by atoms with Crippen molar-refractivity contribution < 1.29 is 4.79 Å². The van der Waals surface area contributed by atoms with Gasteiger partial charge >= 0.3 is 0 Å². The quantitative estimate of drug-likeness (QED) is 0.835. The number of amides is 1. The smallest absolute Gasteiger partial charge is 0.234 e. The van der Waals surface area contributed by atoms with E-state index in [9.17, 15) is 4.79 Å². The van der Waals surface area contributed by atoms with E-state index in [1.54, 1.807) is 17.3 Å². The molecule has 0 saturated heterocycles. The molecule has 0 aliphatic carbocycles. The van der Waals surface area contributed by atoms with Crippen LogP contribution in [0.15, 0.2) is 42.7 Å². The first kappa shape index (κ1) is 11.7. The third-order valence-corrected chi connectivity index (χ3v) is 3.53. The Balaban J connectivity index is 2.02. The lowest BCUT2D eigenvalue weighted by molar-refractivity contribution is -0.119. The van der Waals surface area contributed by atoms with E-state index in [0.29, 0.717) is 12.2 Å². The molecule has 3 rings (SSSR count). The second-order valence-electron chi connectivity index (χ2n) is 4.79. The number of nitrogen functional groups attached to an aromatic ring is 1. The molecular weight excluding hydrogens is 238 g/mol. The lowest BCUT2D eigenvalue weighted by Gasteiger charge is -2.19. The topological polar surface area (TPSA) is 59.2 Å². The second-order valence-corrected chi connectivity index (χ2v) is 4.79. The highest BCUT2D eigenvalue weighted by molar-refractivity contribution is 6.07. The summed E-state index contributed by atoms with van der Waals surface area (Å²) in [4.78, 5) is 18.2. The molecule has 1 aromatic carbocycles. The zero-order valence-electron chi connectivity index (χ0n) is 10.7. The number of para-hydroxylation sites is 1. The van der Waals surface area contributed by atoms with Crippen molar-refractivity contribution in [3.63, 3.8) is 0 Å². The Kier molecular flexibility index (Phi) is 2.71. The summed E-state index contributed by atoms with van der Waals surface area (Å²) in [7, 11) is 0. The summed E-state index contributed by atoms with van der Waals surface area (Å²) in [5.74, 6) is -0.0353. The Labute approximate surface area is 111 Å². The lowest BCUT2D eigenvalue weighted by atomic mass is 10.0. The third kappa shape index (κ3) is 1.85. The number of benzene rings is 1. The molecule has 96 valence electrons. The summed E-state index contributed by atoms with van der Waals surface area (Å²) in [6, 6.07) is 9.53. The van der Waals surface area contributed by atoms with E-state index in [4.69, 9.17) is 5.73 Å². The molecule has 4 heteroatoms. The van der Waals surface area contributed by atoms with Crippen molar-refractivity contribution in [2.75, 3.05) is 10.6 Å². The molecule has 1 aromatic heterocycles. The Morgan fingerprint density at radius 2 is 2.16 bits per heavy atom. The highest BCUT2D eigenvalue weighted by atomic mass is 16.2. The van der Waals surface area contributed by atoms with Gasteiger partial charge in [-0.25, -0.2) is 0 Å². The van der Waals surface area contributed by atoms with Crippen LogP contribution in [-0.4, -0.2) is 10.9 Å². The van der Waals surface area contributed by atoms with Gasteiger partial charge in [-0.3, -0.25) is 9.78 Å². The van der Waals surface area contributed by atoms with Crippen molar-refractivity contribution >= 4 is 17.3 Å². The summed E-state index contributed by atoms with van der Waals surface area (Å²) < 4.78 is 0. The molecule has 0 radical (unpaired) electrons. The number of hydrogen-bond donors (Lipinski definition) is 1. The minimum Gasteiger partial charge on any atom is -0.397 e. The molecule has 1 aliphatic rings. The van der Waals surface area contributed by atoms with Gasteiger partial charge in [0, 0.05) is 12.4 Å². The van der Waals surface area contributed by atoms with Crippen LogP contribution in [0.3, 0.4) is 0 Å². The van der Waals surface area contributed by atoms with Crippen molar-refractivity contribution in [3.05, 3.63) is 53.9 Å². The van der Waals surface area contributed by atoms with Crippen molar-refractivity contribution in [2.45, 2.75) is 19.4 Å². The maximum atomic E-state index is 12.4. The number of carbonyl (C=O) groups excluding carboxylic acids is 1. The summed E-state index contributed by atoms with van der Waals surface area (Å²) in [6.07, 6.45) is 3.50.